The highest BCUT2D eigenvalue weighted by Crippen LogP contribution is 2.19. The molecule has 0 unspecified atom stereocenters. The Hall–Kier alpha value is -1.87. The minimum Gasteiger partial charge on any atom is -0.359 e. The number of aromatic nitrogens is 1. The predicted octanol–water partition coefficient (Wildman–Crippen LogP) is 3.74. The molecule has 1 heterocycles. The van der Waals surface area contributed by atoms with Gasteiger partial charge in [0.25, 0.3) is 0 Å². The lowest BCUT2D eigenvalue weighted by molar-refractivity contribution is 0.258. The molecule has 1 aromatic heterocycles. The van der Waals surface area contributed by atoms with Crippen molar-refractivity contribution in [1.82, 2.24) is 10.1 Å². The second kappa shape index (κ2) is 6.34. The van der Waals surface area contributed by atoms with Gasteiger partial charge in [-0.15, -0.1) is 0 Å². The van der Waals surface area contributed by atoms with E-state index in [-0.39, 0.29) is 0 Å². The van der Waals surface area contributed by atoms with Gasteiger partial charge in [-0.2, -0.15) is 0 Å². The van der Waals surface area contributed by atoms with Gasteiger partial charge in [0.1, 0.15) is 5.69 Å². The molecule has 0 saturated heterocycles. The Morgan fingerprint density at radius 2 is 2.05 bits per heavy atom. The largest absolute Gasteiger partial charge is 0.359 e. The van der Waals surface area contributed by atoms with Gasteiger partial charge in [-0.05, 0) is 13.5 Å². The molecule has 3 heteroatoms. The van der Waals surface area contributed by atoms with Crippen LogP contribution in [0.25, 0.3) is 11.3 Å². The summed E-state index contributed by atoms with van der Waals surface area (Å²) in [5, 5.41) is 4.13. The van der Waals surface area contributed by atoms with Gasteiger partial charge in [0.05, 0.1) is 6.54 Å². The Morgan fingerprint density at radius 3 is 2.68 bits per heavy atom. The zero-order valence-electron chi connectivity index (χ0n) is 11.6. The molecule has 0 N–H and O–H groups in total. The zero-order chi connectivity index (χ0) is 13.7. The van der Waals surface area contributed by atoms with Crippen molar-refractivity contribution in [2.45, 2.75) is 20.4 Å². The number of nitrogens with zero attached hydrogens (tertiary/aromatic N) is 2. The maximum atomic E-state index is 5.41. The quantitative estimate of drug-likeness (QED) is 0.737. The number of likely N-dealkylation sites (N-methyl/N-ethyl adjacent to an activating group) is 1. The Labute approximate surface area is 114 Å². The van der Waals surface area contributed by atoms with Crippen LogP contribution in [0.5, 0.6) is 0 Å². The van der Waals surface area contributed by atoms with E-state index in [0.717, 1.165) is 42.2 Å². The normalized spacial score (nSPS) is 10.9. The highest BCUT2D eigenvalue weighted by molar-refractivity contribution is 5.58. The molecule has 3 nitrogen and oxygen atoms in total. The van der Waals surface area contributed by atoms with Crippen molar-refractivity contribution >= 4 is 0 Å². The number of hydrogen-bond donors (Lipinski definition) is 0. The van der Waals surface area contributed by atoms with Gasteiger partial charge in [-0.25, -0.2) is 0 Å². The number of rotatable bonds is 6. The average Bonchev–Trinajstić information content (AvgIpc) is 2.87. The third kappa shape index (κ3) is 3.80. The third-order valence-corrected chi connectivity index (χ3v) is 2.95. The molecular weight excluding hydrogens is 236 g/mol. The van der Waals surface area contributed by atoms with Crippen LogP contribution in [0.1, 0.15) is 19.6 Å². The zero-order valence-corrected chi connectivity index (χ0v) is 11.6. The maximum Gasteiger partial charge on any atom is 0.151 e. The molecule has 0 aliphatic rings. The van der Waals surface area contributed by atoms with Gasteiger partial charge in [0.2, 0.25) is 0 Å². The summed E-state index contributed by atoms with van der Waals surface area (Å²) in [6.07, 6.45) is 0. The standard InChI is InChI=1S/C16H20N2O/c1-4-18(11-13(2)3)12-15-10-16(17-19-15)14-8-6-5-7-9-14/h5-10H,2,4,11-12H2,1,3H3. The highest BCUT2D eigenvalue weighted by Gasteiger charge is 2.10. The molecule has 0 atom stereocenters. The van der Waals surface area contributed by atoms with Gasteiger partial charge in [-0.3, -0.25) is 4.90 Å². The topological polar surface area (TPSA) is 29.3 Å². The van der Waals surface area contributed by atoms with E-state index >= 15 is 0 Å². The van der Waals surface area contributed by atoms with Crippen LogP contribution in [0.2, 0.25) is 0 Å². The van der Waals surface area contributed by atoms with E-state index in [1.165, 1.54) is 0 Å². The van der Waals surface area contributed by atoms with E-state index in [2.05, 4.69) is 23.6 Å². The van der Waals surface area contributed by atoms with Gasteiger partial charge in [0.15, 0.2) is 5.76 Å². The smallest absolute Gasteiger partial charge is 0.151 e. The Bertz CT molecular complexity index is 531. The molecule has 0 aliphatic carbocycles. The third-order valence-electron chi connectivity index (χ3n) is 2.95. The van der Waals surface area contributed by atoms with Gasteiger partial charge in [-0.1, -0.05) is 54.6 Å². The van der Waals surface area contributed by atoms with Gasteiger partial charge < -0.3 is 4.52 Å². The molecule has 2 rings (SSSR count). The summed E-state index contributed by atoms with van der Waals surface area (Å²) < 4.78 is 5.41. The summed E-state index contributed by atoms with van der Waals surface area (Å²) in [5.74, 6) is 0.891. The fraction of sp³-hybridized carbons (Fsp3) is 0.312. The fourth-order valence-electron chi connectivity index (χ4n) is 2.01. The highest BCUT2D eigenvalue weighted by atomic mass is 16.5. The Morgan fingerprint density at radius 1 is 1.32 bits per heavy atom. The first-order valence-electron chi connectivity index (χ1n) is 6.56. The fourth-order valence-corrected chi connectivity index (χ4v) is 2.01. The average molecular weight is 256 g/mol. The molecule has 0 radical (unpaired) electrons. The molecule has 1 aromatic carbocycles. The Balaban J connectivity index is 2.07. The van der Waals surface area contributed by atoms with Crippen LogP contribution in [0.3, 0.4) is 0 Å². The van der Waals surface area contributed by atoms with Crippen molar-refractivity contribution < 1.29 is 4.52 Å². The molecule has 0 saturated carbocycles. The summed E-state index contributed by atoms with van der Waals surface area (Å²) in [5.41, 5.74) is 3.13. The Kier molecular flexibility index (Phi) is 4.53. The summed E-state index contributed by atoms with van der Waals surface area (Å²) in [6.45, 7) is 10.7. The van der Waals surface area contributed by atoms with Crippen LogP contribution in [-0.4, -0.2) is 23.1 Å². The van der Waals surface area contributed by atoms with Crippen molar-refractivity contribution in [3.05, 3.63) is 54.3 Å². The molecule has 19 heavy (non-hydrogen) atoms. The molecule has 0 spiro atoms. The van der Waals surface area contributed by atoms with Crippen molar-refractivity contribution in [3.63, 3.8) is 0 Å². The van der Waals surface area contributed by atoms with Crippen LogP contribution < -0.4 is 0 Å². The first kappa shape index (κ1) is 13.6. The molecular formula is C16H20N2O. The van der Waals surface area contributed by atoms with E-state index in [1.807, 2.05) is 43.3 Å². The van der Waals surface area contributed by atoms with Crippen LogP contribution in [0, 0.1) is 0 Å². The summed E-state index contributed by atoms with van der Waals surface area (Å²) in [4.78, 5) is 2.28. The lowest BCUT2D eigenvalue weighted by Gasteiger charge is -2.18. The SMILES string of the molecule is C=C(C)CN(CC)Cc1cc(-c2ccccc2)no1. The molecule has 0 bridgehead atoms. The van der Waals surface area contributed by atoms with Crippen LogP contribution in [0.4, 0.5) is 0 Å². The first-order valence-corrected chi connectivity index (χ1v) is 6.56. The van der Waals surface area contributed by atoms with E-state index in [1.54, 1.807) is 0 Å². The van der Waals surface area contributed by atoms with Crippen molar-refractivity contribution in [3.8, 4) is 11.3 Å². The second-order valence-corrected chi connectivity index (χ2v) is 4.80. The van der Waals surface area contributed by atoms with Crippen molar-refractivity contribution in [1.29, 1.82) is 0 Å². The van der Waals surface area contributed by atoms with E-state index in [4.69, 9.17) is 4.52 Å². The van der Waals surface area contributed by atoms with Crippen LogP contribution in [0.15, 0.2) is 53.1 Å². The summed E-state index contributed by atoms with van der Waals surface area (Å²) in [6, 6.07) is 12.1. The molecule has 100 valence electrons. The van der Waals surface area contributed by atoms with Gasteiger partial charge >= 0.3 is 0 Å². The minimum absolute atomic E-state index is 0.767. The summed E-state index contributed by atoms with van der Waals surface area (Å²) in [7, 11) is 0. The molecule has 0 aliphatic heterocycles. The lowest BCUT2D eigenvalue weighted by Crippen LogP contribution is -2.24. The first-order chi connectivity index (χ1) is 9.19. The number of benzene rings is 1. The van der Waals surface area contributed by atoms with Crippen LogP contribution in [-0.2, 0) is 6.54 Å². The van der Waals surface area contributed by atoms with Crippen molar-refractivity contribution in [2.75, 3.05) is 13.1 Å². The lowest BCUT2D eigenvalue weighted by atomic mass is 10.1. The maximum absolute atomic E-state index is 5.41. The predicted molar refractivity (Wildman–Crippen MR) is 77.7 cm³/mol. The summed E-state index contributed by atoms with van der Waals surface area (Å²) >= 11 is 0. The van der Waals surface area contributed by atoms with Gasteiger partial charge in [0, 0.05) is 18.2 Å². The number of hydrogen-bond acceptors (Lipinski definition) is 3. The monoisotopic (exact) mass is 256 g/mol. The van der Waals surface area contributed by atoms with Crippen molar-refractivity contribution in [2.24, 2.45) is 0 Å². The van der Waals surface area contributed by atoms with E-state index in [0.29, 0.717) is 0 Å². The van der Waals surface area contributed by atoms with E-state index < -0.39 is 0 Å². The minimum atomic E-state index is 0.767. The molecule has 0 fully saturated rings. The molecule has 0 amide bonds. The van der Waals surface area contributed by atoms with Crippen LogP contribution >= 0.6 is 0 Å². The second-order valence-electron chi connectivity index (χ2n) is 4.80. The molecule has 2 aromatic rings. The van der Waals surface area contributed by atoms with E-state index in [9.17, 15) is 0 Å².